The van der Waals surface area contributed by atoms with Crippen molar-refractivity contribution < 1.29 is 22.7 Å². The molecule has 2 aromatic rings. The number of rotatable bonds is 4. The number of esters is 1. The summed E-state index contributed by atoms with van der Waals surface area (Å²) in [6.07, 6.45) is -2.75. The molecule has 0 fully saturated rings. The van der Waals surface area contributed by atoms with Gasteiger partial charge in [-0.15, -0.1) is 10.2 Å². The Kier molecular flexibility index (Phi) is 6.68. The molecule has 0 radical (unpaired) electrons. The molecule has 0 amide bonds. The third-order valence-electron chi connectivity index (χ3n) is 4.53. The number of benzene rings is 1. The molecule has 0 aliphatic carbocycles. The molecule has 2 heterocycles. The van der Waals surface area contributed by atoms with Gasteiger partial charge >= 0.3 is 12.1 Å². The van der Waals surface area contributed by atoms with Crippen molar-refractivity contribution >= 4 is 34.7 Å². The van der Waals surface area contributed by atoms with E-state index in [9.17, 15) is 23.2 Å². The first-order chi connectivity index (χ1) is 14.2. The normalized spacial score (nSPS) is 14.9. The molecule has 1 aliphatic rings. The summed E-state index contributed by atoms with van der Waals surface area (Å²) in [6.45, 7) is 0.372. The lowest BCUT2D eigenvalue weighted by atomic mass is 10.1. The van der Waals surface area contributed by atoms with E-state index in [1.165, 1.54) is 28.8 Å². The molecule has 6 nitrogen and oxygen atoms in total. The highest BCUT2D eigenvalue weighted by molar-refractivity contribution is 6.36. The fourth-order valence-corrected chi connectivity index (χ4v) is 3.65. The number of nitrogens with zero attached hydrogens (tertiary/aromatic N) is 4. The first kappa shape index (κ1) is 22.1. The van der Waals surface area contributed by atoms with Crippen LogP contribution in [0, 0.1) is 11.3 Å². The van der Waals surface area contributed by atoms with Crippen molar-refractivity contribution in [1.29, 1.82) is 5.26 Å². The predicted molar refractivity (Wildman–Crippen MR) is 102 cm³/mol. The average Bonchev–Trinajstić information content (AvgIpc) is 2.92. The van der Waals surface area contributed by atoms with Crippen LogP contribution in [-0.4, -0.2) is 26.9 Å². The molecule has 0 spiro atoms. The maximum absolute atomic E-state index is 13.7. The molecule has 30 heavy (non-hydrogen) atoms. The largest absolute Gasteiger partial charge is 0.451 e. The highest BCUT2D eigenvalue weighted by atomic mass is 35.5. The lowest BCUT2D eigenvalue weighted by molar-refractivity contribution is -0.159. The minimum Gasteiger partial charge on any atom is -0.419 e. The molecule has 0 atom stereocenters. The van der Waals surface area contributed by atoms with E-state index in [2.05, 4.69) is 14.9 Å². The van der Waals surface area contributed by atoms with Gasteiger partial charge in [-0.3, -0.25) is 4.79 Å². The lowest BCUT2D eigenvalue weighted by Gasteiger charge is -2.15. The number of allylic oxidation sites excluding steroid dienone is 2. The van der Waals surface area contributed by atoms with E-state index < -0.39 is 29.9 Å². The molecule has 1 aliphatic heterocycles. The monoisotopic (exact) mass is 458 g/mol. The van der Waals surface area contributed by atoms with Gasteiger partial charge in [0, 0.05) is 28.6 Å². The van der Waals surface area contributed by atoms with Crippen LogP contribution in [0.2, 0.25) is 10.0 Å². The number of alkyl halides is 3. The van der Waals surface area contributed by atoms with E-state index in [1.54, 1.807) is 0 Å². The third-order valence-corrected chi connectivity index (χ3v) is 5.24. The molecule has 0 saturated carbocycles. The van der Waals surface area contributed by atoms with Crippen molar-refractivity contribution in [3.05, 3.63) is 51.2 Å². The fourth-order valence-electron chi connectivity index (χ4n) is 3.12. The Morgan fingerprint density at radius 3 is 2.53 bits per heavy atom. The highest BCUT2D eigenvalue weighted by Crippen LogP contribution is 2.34. The quantitative estimate of drug-likeness (QED) is 0.370. The molecule has 3 rings (SSSR count). The van der Waals surface area contributed by atoms with Gasteiger partial charge in [-0.2, -0.15) is 18.4 Å². The number of aromatic nitrogens is 3. The van der Waals surface area contributed by atoms with Crippen LogP contribution < -0.4 is 0 Å². The second kappa shape index (κ2) is 9.06. The Hall–Kier alpha value is -2.57. The summed E-state index contributed by atoms with van der Waals surface area (Å²) in [5.74, 6) is -2.78. The summed E-state index contributed by atoms with van der Waals surface area (Å²) >= 11 is 11.9. The second-order valence-electron chi connectivity index (χ2n) is 6.57. The van der Waals surface area contributed by atoms with E-state index in [4.69, 9.17) is 23.2 Å². The number of hydrogen-bond donors (Lipinski definition) is 0. The van der Waals surface area contributed by atoms with Crippen LogP contribution in [0.5, 0.6) is 0 Å². The number of aryl methyl sites for hydroxylation is 1. The van der Waals surface area contributed by atoms with Gasteiger partial charge in [0.05, 0.1) is 6.42 Å². The summed E-state index contributed by atoms with van der Waals surface area (Å²) in [5.41, 5.74) is -0.774. The molecule has 0 saturated heterocycles. The number of halogens is 5. The number of carbonyl (C=O) groups is 1. The topological polar surface area (TPSA) is 80.8 Å². The first-order valence-corrected chi connectivity index (χ1v) is 9.75. The highest BCUT2D eigenvalue weighted by Gasteiger charge is 2.42. The van der Waals surface area contributed by atoms with Crippen LogP contribution >= 0.6 is 23.2 Å². The smallest absolute Gasteiger partial charge is 0.419 e. The summed E-state index contributed by atoms with van der Waals surface area (Å²) in [4.78, 5) is 12.3. The van der Waals surface area contributed by atoms with Crippen molar-refractivity contribution in [1.82, 2.24) is 14.8 Å². The molecule has 1 aromatic carbocycles. The summed E-state index contributed by atoms with van der Waals surface area (Å²) in [7, 11) is 0. The summed E-state index contributed by atoms with van der Waals surface area (Å²) in [6, 6.07) is 5.91. The fraction of sp³-hybridized carbons (Fsp3) is 0.368. The van der Waals surface area contributed by atoms with Crippen LogP contribution in [0.4, 0.5) is 13.2 Å². The predicted octanol–water partition coefficient (Wildman–Crippen LogP) is 4.89. The molecule has 11 heteroatoms. The van der Waals surface area contributed by atoms with E-state index >= 15 is 0 Å². The second-order valence-corrected chi connectivity index (χ2v) is 7.38. The molecular formula is C19H15Cl2F3N4O2. The Morgan fingerprint density at radius 2 is 1.90 bits per heavy atom. The van der Waals surface area contributed by atoms with Crippen molar-refractivity contribution in [2.24, 2.45) is 0 Å². The van der Waals surface area contributed by atoms with Crippen molar-refractivity contribution in [2.45, 2.75) is 44.8 Å². The van der Waals surface area contributed by atoms with Crippen LogP contribution in [0.1, 0.15) is 36.5 Å². The number of fused-ring (bicyclic) bond motifs is 1. The lowest BCUT2D eigenvalue weighted by Crippen LogP contribution is -2.22. The Balaban J connectivity index is 1.99. The van der Waals surface area contributed by atoms with Gasteiger partial charge in [0.25, 0.3) is 0 Å². The molecule has 0 N–H and O–H groups in total. The Morgan fingerprint density at radius 1 is 1.20 bits per heavy atom. The SMILES string of the molecule is N#C/C(=C(\OC(=O)Cc1c(Cl)cccc1Cl)C(F)(F)F)c1nnc2n1CCCCC2. The molecule has 158 valence electrons. The third kappa shape index (κ3) is 4.77. The summed E-state index contributed by atoms with van der Waals surface area (Å²) in [5, 5.41) is 17.4. The zero-order chi connectivity index (χ0) is 21.9. The maximum atomic E-state index is 13.7. The molecular weight excluding hydrogens is 444 g/mol. The van der Waals surface area contributed by atoms with Gasteiger partial charge < -0.3 is 9.30 Å². The van der Waals surface area contributed by atoms with Crippen LogP contribution in [0.3, 0.4) is 0 Å². The Labute approximate surface area is 179 Å². The van der Waals surface area contributed by atoms with E-state index in [0.29, 0.717) is 25.2 Å². The zero-order valence-corrected chi connectivity index (χ0v) is 17.0. The van der Waals surface area contributed by atoms with Gasteiger partial charge in [0.1, 0.15) is 17.5 Å². The average molecular weight is 459 g/mol. The first-order valence-electron chi connectivity index (χ1n) is 9.00. The number of nitriles is 1. The Bertz CT molecular complexity index is 1020. The minimum atomic E-state index is -5.11. The van der Waals surface area contributed by atoms with Crippen LogP contribution in [-0.2, 0) is 28.9 Å². The number of hydrogen-bond acceptors (Lipinski definition) is 5. The standard InChI is InChI=1S/C19H15Cl2F3N4O2/c20-13-5-4-6-14(21)11(13)9-16(29)30-17(19(22,23)24)12(10-25)18-27-26-15-7-2-1-3-8-28(15)18/h4-6H,1-3,7-9H2/b17-12+. The molecule has 0 unspecified atom stereocenters. The van der Waals surface area contributed by atoms with Crippen molar-refractivity contribution in [3.8, 4) is 6.07 Å². The van der Waals surface area contributed by atoms with Crippen LogP contribution in [0.25, 0.3) is 5.57 Å². The maximum Gasteiger partial charge on any atom is 0.451 e. The van der Waals surface area contributed by atoms with Crippen LogP contribution in [0.15, 0.2) is 24.0 Å². The zero-order valence-electron chi connectivity index (χ0n) is 15.5. The van der Waals surface area contributed by atoms with E-state index in [0.717, 1.165) is 12.8 Å². The van der Waals surface area contributed by atoms with Crippen molar-refractivity contribution in [2.75, 3.05) is 0 Å². The van der Waals surface area contributed by atoms with Gasteiger partial charge in [0.15, 0.2) is 5.82 Å². The van der Waals surface area contributed by atoms with E-state index in [1.807, 2.05) is 0 Å². The van der Waals surface area contributed by atoms with E-state index in [-0.39, 0.29) is 21.4 Å². The van der Waals surface area contributed by atoms with Gasteiger partial charge in [-0.1, -0.05) is 35.7 Å². The van der Waals surface area contributed by atoms with Gasteiger partial charge in [0.2, 0.25) is 5.76 Å². The minimum absolute atomic E-state index is 0.111. The number of ether oxygens (including phenoxy) is 1. The van der Waals surface area contributed by atoms with Crippen molar-refractivity contribution in [3.63, 3.8) is 0 Å². The van der Waals surface area contributed by atoms with Gasteiger partial charge in [-0.05, 0) is 25.0 Å². The number of carbonyl (C=O) groups excluding carboxylic acids is 1. The summed E-state index contributed by atoms with van der Waals surface area (Å²) < 4.78 is 47.3. The molecule has 1 aromatic heterocycles. The van der Waals surface area contributed by atoms with Gasteiger partial charge in [-0.25, -0.2) is 0 Å². The molecule has 0 bridgehead atoms.